The van der Waals surface area contributed by atoms with Crippen molar-refractivity contribution in [2.24, 2.45) is 0 Å². The molecule has 7 heteroatoms. The number of benzene rings is 1. The monoisotopic (exact) mass is 354 g/mol. The lowest BCUT2D eigenvalue weighted by Gasteiger charge is -2.37. The maximum absolute atomic E-state index is 11.4. The van der Waals surface area contributed by atoms with E-state index < -0.39 is 24.6 Å². The molecule has 1 aromatic rings. The number of ether oxygens (including phenoxy) is 5. The first-order valence-corrected chi connectivity index (χ1v) is 8.12. The number of hydrogen-bond donors (Lipinski definition) is 1. The molecule has 0 aromatic heterocycles. The Morgan fingerprint density at radius 1 is 1.08 bits per heavy atom. The third-order valence-electron chi connectivity index (χ3n) is 4.70. The number of carbonyl (C=O) groups excluding carboxylic acids is 1. The van der Waals surface area contributed by atoms with Gasteiger partial charge in [-0.1, -0.05) is 0 Å². The van der Waals surface area contributed by atoms with E-state index in [2.05, 4.69) is 0 Å². The predicted octanol–water partition coefficient (Wildman–Crippen LogP) is 2.02. The molecule has 4 atom stereocenters. The number of aldehydes is 1. The summed E-state index contributed by atoms with van der Waals surface area (Å²) in [6, 6.07) is 0. The smallest absolute Gasteiger partial charge is 0.204 e. The zero-order valence-electron chi connectivity index (χ0n) is 15.5. The van der Waals surface area contributed by atoms with Gasteiger partial charge in [0.1, 0.15) is 6.10 Å². The Bertz CT molecular complexity index is 629. The van der Waals surface area contributed by atoms with Crippen LogP contribution in [0.25, 0.3) is 0 Å². The molecule has 0 amide bonds. The van der Waals surface area contributed by atoms with Crippen molar-refractivity contribution in [1.29, 1.82) is 0 Å². The summed E-state index contributed by atoms with van der Waals surface area (Å²) in [6.45, 7) is 5.42. The lowest BCUT2D eigenvalue weighted by Crippen LogP contribution is -2.49. The Labute approximate surface area is 147 Å². The van der Waals surface area contributed by atoms with Crippen LogP contribution in [0, 0.1) is 13.8 Å². The van der Waals surface area contributed by atoms with Crippen molar-refractivity contribution in [2.45, 2.75) is 51.8 Å². The summed E-state index contributed by atoms with van der Waals surface area (Å²) in [5, 5.41) is 10.1. The standard InChI is InChI=1S/C18H26O7/c1-9-10(2)16(18(23-6)17(22-5)12(9)8-19)25-14-7-13(21-4)15(20)11(3)24-14/h8,11,13-15,20H,7H2,1-6H3/t11-,13-,14?,15?/m0/s1. The van der Waals surface area contributed by atoms with E-state index >= 15 is 0 Å². The highest BCUT2D eigenvalue weighted by Gasteiger charge is 2.37. The maximum Gasteiger partial charge on any atom is 0.204 e. The molecule has 0 saturated carbocycles. The van der Waals surface area contributed by atoms with E-state index in [-0.39, 0.29) is 0 Å². The topological polar surface area (TPSA) is 83.5 Å². The molecule has 0 radical (unpaired) electrons. The van der Waals surface area contributed by atoms with Gasteiger partial charge in [0.2, 0.25) is 12.0 Å². The van der Waals surface area contributed by atoms with Gasteiger partial charge in [0.15, 0.2) is 17.8 Å². The number of rotatable bonds is 6. The SMILES string of the molecule is COc1c(C=O)c(C)c(C)c(OC2C[C@H](OC)C(O)[C@H](C)O2)c1OC. The van der Waals surface area contributed by atoms with Gasteiger partial charge < -0.3 is 28.8 Å². The maximum atomic E-state index is 11.4. The molecule has 1 heterocycles. The molecule has 7 nitrogen and oxygen atoms in total. The van der Waals surface area contributed by atoms with Crippen molar-refractivity contribution in [1.82, 2.24) is 0 Å². The summed E-state index contributed by atoms with van der Waals surface area (Å²) in [5.74, 6) is 1.11. The van der Waals surface area contributed by atoms with Crippen molar-refractivity contribution in [3.05, 3.63) is 16.7 Å². The van der Waals surface area contributed by atoms with Gasteiger partial charge in [-0.2, -0.15) is 0 Å². The van der Waals surface area contributed by atoms with Gasteiger partial charge >= 0.3 is 0 Å². The second-order valence-electron chi connectivity index (χ2n) is 6.07. The highest BCUT2D eigenvalue weighted by molar-refractivity contribution is 5.86. The van der Waals surface area contributed by atoms with Crippen LogP contribution in [-0.4, -0.2) is 57.3 Å². The van der Waals surface area contributed by atoms with Crippen LogP contribution in [0.3, 0.4) is 0 Å². The van der Waals surface area contributed by atoms with Crippen LogP contribution in [-0.2, 0) is 9.47 Å². The van der Waals surface area contributed by atoms with E-state index in [9.17, 15) is 9.90 Å². The number of aliphatic hydroxyl groups is 1. The van der Waals surface area contributed by atoms with Gasteiger partial charge in [-0.3, -0.25) is 4.79 Å². The molecule has 140 valence electrons. The van der Waals surface area contributed by atoms with Crippen molar-refractivity contribution in [3.8, 4) is 17.2 Å². The van der Waals surface area contributed by atoms with Crippen molar-refractivity contribution in [3.63, 3.8) is 0 Å². The molecule has 1 aromatic carbocycles. The molecule has 1 saturated heterocycles. The summed E-state index contributed by atoms with van der Waals surface area (Å²) in [4.78, 5) is 11.4. The predicted molar refractivity (Wildman–Crippen MR) is 90.8 cm³/mol. The van der Waals surface area contributed by atoms with Gasteiger partial charge in [0, 0.05) is 13.5 Å². The van der Waals surface area contributed by atoms with E-state index in [4.69, 9.17) is 23.7 Å². The van der Waals surface area contributed by atoms with Crippen LogP contribution in [0.4, 0.5) is 0 Å². The van der Waals surface area contributed by atoms with Crippen LogP contribution in [0.5, 0.6) is 17.2 Å². The van der Waals surface area contributed by atoms with E-state index in [0.29, 0.717) is 29.2 Å². The molecule has 1 fully saturated rings. The van der Waals surface area contributed by atoms with Crippen molar-refractivity contribution in [2.75, 3.05) is 21.3 Å². The number of carbonyl (C=O) groups is 1. The number of methoxy groups -OCH3 is 3. The van der Waals surface area contributed by atoms with Crippen LogP contribution in [0.2, 0.25) is 0 Å². The zero-order chi connectivity index (χ0) is 18.7. The minimum atomic E-state index is -0.721. The van der Waals surface area contributed by atoms with Crippen molar-refractivity contribution < 1.29 is 33.6 Å². The van der Waals surface area contributed by atoms with E-state index in [1.165, 1.54) is 14.2 Å². The summed E-state index contributed by atoms with van der Waals surface area (Å²) >= 11 is 0. The molecular weight excluding hydrogens is 328 g/mol. The first-order chi connectivity index (χ1) is 11.9. The van der Waals surface area contributed by atoms with Gasteiger partial charge in [0.05, 0.1) is 32.0 Å². The number of aliphatic hydroxyl groups excluding tert-OH is 1. The van der Waals surface area contributed by atoms with Crippen LogP contribution in [0.1, 0.15) is 34.8 Å². The Morgan fingerprint density at radius 3 is 2.24 bits per heavy atom. The molecule has 2 rings (SSSR count). The minimum Gasteiger partial charge on any atom is -0.492 e. The van der Waals surface area contributed by atoms with Crippen molar-refractivity contribution >= 4 is 6.29 Å². The van der Waals surface area contributed by atoms with Gasteiger partial charge in [-0.05, 0) is 31.9 Å². The average Bonchev–Trinajstić information content (AvgIpc) is 2.61. The fourth-order valence-electron chi connectivity index (χ4n) is 3.06. The first-order valence-electron chi connectivity index (χ1n) is 8.12. The molecule has 2 unspecified atom stereocenters. The van der Waals surface area contributed by atoms with Gasteiger partial charge in [0.25, 0.3) is 0 Å². The fourth-order valence-corrected chi connectivity index (χ4v) is 3.06. The highest BCUT2D eigenvalue weighted by atomic mass is 16.7. The zero-order valence-corrected chi connectivity index (χ0v) is 15.5. The highest BCUT2D eigenvalue weighted by Crippen LogP contribution is 2.45. The Kier molecular flexibility index (Phi) is 6.26. The Hall–Kier alpha value is -1.83. The second-order valence-corrected chi connectivity index (χ2v) is 6.07. The quantitative estimate of drug-likeness (QED) is 0.783. The number of hydrogen-bond acceptors (Lipinski definition) is 7. The molecule has 1 aliphatic heterocycles. The van der Waals surface area contributed by atoms with Crippen LogP contribution < -0.4 is 14.2 Å². The third kappa shape index (κ3) is 3.58. The minimum absolute atomic E-state index is 0.322. The summed E-state index contributed by atoms with van der Waals surface area (Å²) in [5.41, 5.74) is 1.93. The molecule has 0 aliphatic carbocycles. The van der Waals surface area contributed by atoms with E-state index in [0.717, 1.165) is 17.4 Å². The molecule has 1 N–H and O–H groups in total. The normalized spacial score (nSPS) is 26.2. The Balaban J connectivity index is 2.42. The molecule has 0 bridgehead atoms. The lowest BCUT2D eigenvalue weighted by molar-refractivity contribution is -0.222. The van der Waals surface area contributed by atoms with Gasteiger partial charge in [-0.15, -0.1) is 0 Å². The van der Waals surface area contributed by atoms with E-state index in [1.807, 2.05) is 13.8 Å². The molecule has 1 aliphatic rings. The molecular formula is C18H26O7. The lowest BCUT2D eigenvalue weighted by atomic mass is 10.00. The fraction of sp³-hybridized carbons (Fsp3) is 0.611. The second kappa shape index (κ2) is 8.03. The third-order valence-corrected chi connectivity index (χ3v) is 4.70. The summed E-state index contributed by atoms with van der Waals surface area (Å²) in [7, 11) is 4.50. The average molecular weight is 354 g/mol. The van der Waals surface area contributed by atoms with Crippen LogP contribution >= 0.6 is 0 Å². The van der Waals surface area contributed by atoms with E-state index in [1.54, 1.807) is 14.0 Å². The van der Waals surface area contributed by atoms with Gasteiger partial charge in [-0.25, -0.2) is 0 Å². The van der Waals surface area contributed by atoms with Crippen LogP contribution in [0.15, 0.2) is 0 Å². The summed E-state index contributed by atoms with van der Waals surface area (Å²) in [6.07, 6.45) is -1.07. The first kappa shape index (κ1) is 19.5. The summed E-state index contributed by atoms with van der Waals surface area (Å²) < 4.78 is 27.9. The largest absolute Gasteiger partial charge is 0.492 e. The Morgan fingerprint density at radius 2 is 1.72 bits per heavy atom. The molecule has 0 spiro atoms. The molecule has 25 heavy (non-hydrogen) atoms.